The van der Waals surface area contributed by atoms with Crippen LogP contribution < -0.4 is 16.4 Å². The lowest BCUT2D eigenvalue weighted by Crippen LogP contribution is -2.34. The number of hydrogen-bond donors (Lipinski definition) is 3. The number of nitrogens with zero attached hydrogens (tertiary/aromatic N) is 1. The quantitative estimate of drug-likeness (QED) is 0.552. The number of H-pyrrole nitrogens is 1. The number of carbonyl (C=O) groups excluding carboxylic acids is 1. The number of carboxylic acid groups (broad SMARTS) is 1. The molecule has 1 amide bonds. The van der Waals surface area contributed by atoms with E-state index in [-0.39, 0.29) is 6.42 Å². The van der Waals surface area contributed by atoms with Gasteiger partial charge in [0.15, 0.2) is 6.04 Å². The van der Waals surface area contributed by atoms with Crippen molar-refractivity contribution in [2.75, 3.05) is 0 Å². The number of aryl methyl sites for hydroxylation is 2. The molecule has 144 valence electrons. The third-order valence-corrected chi connectivity index (χ3v) is 4.50. The van der Waals surface area contributed by atoms with Crippen molar-refractivity contribution in [3.63, 3.8) is 0 Å². The number of nitrogens with one attached hydrogen (secondary N) is 2. The zero-order chi connectivity index (χ0) is 20.3. The lowest BCUT2D eigenvalue weighted by atomic mass is 10.1. The molecule has 0 aliphatic carbocycles. The van der Waals surface area contributed by atoms with E-state index in [1.54, 1.807) is 48.5 Å². The second-order valence-corrected chi connectivity index (χ2v) is 6.42. The minimum atomic E-state index is -1.14. The van der Waals surface area contributed by atoms with E-state index in [9.17, 15) is 24.3 Å². The Morgan fingerprint density at radius 3 is 2.54 bits per heavy atom. The molecule has 0 spiro atoms. The molecule has 0 saturated carbocycles. The first-order chi connectivity index (χ1) is 13.4. The summed E-state index contributed by atoms with van der Waals surface area (Å²) in [5.41, 5.74) is 0.999. The highest BCUT2D eigenvalue weighted by molar-refractivity contribution is 5.84. The third kappa shape index (κ3) is 4.01. The number of benzene rings is 2. The summed E-state index contributed by atoms with van der Waals surface area (Å²) < 4.78 is 1.27. The molecule has 0 bridgehead atoms. The average Bonchev–Trinajstić information content (AvgIpc) is 2.69. The number of fused-ring (bicyclic) bond motifs is 1. The molecule has 28 heavy (non-hydrogen) atoms. The van der Waals surface area contributed by atoms with Gasteiger partial charge in [0.2, 0.25) is 5.91 Å². The van der Waals surface area contributed by atoms with Crippen LogP contribution in [0.25, 0.3) is 11.0 Å². The highest BCUT2D eigenvalue weighted by Gasteiger charge is 2.21. The summed E-state index contributed by atoms with van der Waals surface area (Å²) in [4.78, 5) is 49.6. The second-order valence-electron chi connectivity index (χ2n) is 6.42. The van der Waals surface area contributed by atoms with Crippen LogP contribution >= 0.6 is 0 Å². The van der Waals surface area contributed by atoms with Gasteiger partial charge in [0.1, 0.15) is 0 Å². The number of aliphatic carboxylic acids is 1. The maximum absolute atomic E-state index is 12.2. The average molecular weight is 381 g/mol. The molecule has 3 N–H and O–H groups in total. The molecule has 0 fully saturated rings. The number of carbonyl (C=O) groups is 2. The summed E-state index contributed by atoms with van der Waals surface area (Å²) in [5.74, 6) is -1.53. The first-order valence-corrected chi connectivity index (χ1v) is 8.66. The zero-order valence-electron chi connectivity index (χ0n) is 15.1. The summed E-state index contributed by atoms with van der Waals surface area (Å²) in [6.07, 6.45) is 0.436. The highest BCUT2D eigenvalue weighted by Crippen LogP contribution is 2.15. The first kappa shape index (κ1) is 19.1. The molecule has 2 aromatic carbocycles. The number of aromatic nitrogens is 2. The molecule has 1 heterocycles. The Bertz CT molecular complexity index is 1150. The minimum absolute atomic E-state index is 0.0815. The Morgan fingerprint density at radius 2 is 1.86 bits per heavy atom. The summed E-state index contributed by atoms with van der Waals surface area (Å²) in [6.45, 7) is 0. The molecular formula is C20H19N3O5. The molecule has 3 rings (SSSR count). The van der Waals surface area contributed by atoms with Gasteiger partial charge in [-0.15, -0.1) is 0 Å². The van der Waals surface area contributed by atoms with Gasteiger partial charge in [-0.2, -0.15) is 0 Å². The third-order valence-electron chi connectivity index (χ3n) is 4.50. The minimum Gasteiger partial charge on any atom is -0.479 e. The normalized spacial score (nSPS) is 11.9. The number of carboxylic acids is 1. The molecule has 0 unspecified atom stereocenters. The monoisotopic (exact) mass is 381 g/mol. The van der Waals surface area contributed by atoms with Crippen LogP contribution in [-0.2, 0) is 23.1 Å². The van der Waals surface area contributed by atoms with Gasteiger partial charge in [-0.05, 0) is 29.7 Å². The second kappa shape index (κ2) is 7.91. The van der Waals surface area contributed by atoms with E-state index in [4.69, 9.17) is 0 Å². The van der Waals surface area contributed by atoms with E-state index in [0.717, 1.165) is 5.56 Å². The molecule has 1 atom stereocenters. The van der Waals surface area contributed by atoms with Gasteiger partial charge in [-0.25, -0.2) is 4.79 Å². The van der Waals surface area contributed by atoms with Gasteiger partial charge in [0.25, 0.3) is 0 Å². The summed E-state index contributed by atoms with van der Waals surface area (Å²) in [5, 5.41) is 11.9. The van der Waals surface area contributed by atoms with Gasteiger partial charge in [0.05, 0.1) is 11.0 Å². The van der Waals surface area contributed by atoms with Crippen molar-refractivity contribution in [3.8, 4) is 0 Å². The first-order valence-electron chi connectivity index (χ1n) is 8.66. The molecule has 0 radical (unpaired) electrons. The lowest BCUT2D eigenvalue weighted by Gasteiger charge is -2.15. The molecular weight excluding hydrogens is 362 g/mol. The van der Waals surface area contributed by atoms with Gasteiger partial charge in [-0.1, -0.05) is 36.4 Å². The van der Waals surface area contributed by atoms with Crippen LogP contribution in [0.3, 0.4) is 0 Å². The maximum Gasteiger partial charge on any atom is 0.330 e. The summed E-state index contributed by atoms with van der Waals surface area (Å²) in [6, 6.07) is 12.5. The zero-order valence-corrected chi connectivity index (χ0v) is 15.1. The Morgan fingerprint density at radius 1 is 1.14 bits per heavy atom. The Labute approximate surface area is 159 Å². The fraction of sp³-hybridized carbons (Fsp3) is 0.200. The van der Waals surface area contributed by atoms with Crippen LogP contribution in [0.5, 0.6) is 0 Å². The number of hydrogen-bond acceptors (Lipinski definition) is 4. The van der Waals surface area contributed by atoms with Crippen LogP contribution in [0.4, 0.5) is 0 Å². The van der Waals surface area contributed by atoms with E-state index in [2.05, 4.69) is 10.3 Å². The molecule has 0 aliphatic rings. The molecule has 0 aliphatic heterocycles. The van der Waals surface area contributed by atoms with Crippen LogP contribution in [0.2, 0.25) is 0 Å². The van der Waals surface area contributed by atoms with Crippen molar-refractivity contribution in [2.45, 2.75) is 18.9 Å². The van der Waals surface area contributed by atoms with Gasteiger partial charge in [0, 0.05) is 13.5 Å². The molecule has 8 heteroatoms. The predicted molar refractivity (Wildman–Crippen MR) is 103 cm³/mol. The Balaban J connectivity index is 1.72. The largest absolute Gasteiger partial charge is 0.479 e. The molecule has 3 aromatic rings. The predicted octanol–water partition coefficient (Wildman–Crippen LogP) is 1.10. The van der Waals surface area contributed by atoms with Crippen molar-refractivity contribution in [3.05, 3.63) is 80.4 Å². The lowest BCUT2D eigenvalue weighted by molar-refractivity contribution is -0.142. The van der Waals surface area contributed by atoms with Crippen molar-refractivity contribution in [1.82, 2.24) is 14.9 Å². The molecule has 8 nitrogen and oxygen atoms in total. The van der Waals surface area contributed by atoms with Crippen molar-refractivity contribution < 1.29 is 14.7 Å². The SMILES string of the molecule is Cn1c(=O)c(=O)[nH]c2cc(CCC(=O)N[C@@H](C(=O)O)c3ccccc3)ccc21. The van der Waals surface area contributed by atoms with Gasteiger partial charge < -0.3 is 20.0 Å². The van der Waals surface area contributed by atoms with Crippen molar-refractivity contribution in [2.24, 2.45) is 7.05 Å². The Hall–Kier alpha value is -3.68. The summed E-state index contributed by atoms with van der Waals surface area (Å²) >= 11 is 0. The highest BCUT2D eigenvalue weighted by atomic mass is 16.4. The topological polar surface area (TPSA) is 121 Å². The van der Waals surface area contributed by atoms with E-state index >= 15 is 0 Å². The molecule has 0 saturated heterocycles. The van der Waals surface area contributed by atoms with Crippen LogP contribution in [0.1, 0.15) is 23.6 Å². The van der Waals surface area contributed by atoms with Crippen LogP contribution in [0.15, 0.2) is 58.1 Å². The maximum atomic E-state index is 12.2. The fourth-order valence-corrected chi connectivity index (χ4v) is 2.99. The van der Waals surface area contributed by atoms with E-state index in [0.29, 0.717) is 23.0 Å². The molecule has 1 aromatic heterocycles. The number of aromatic amines is 1. The fourth-order valence-electron chi connectivity index (χ4n) is 2.99. The van der Waals surface area contributed by atoms with E-state index in [1.165, 1.54) is 11.6 Å². The number of amides is 1. The van der Waals surface area contributed by atoms with Crippen molar-refractivity contribution in [1.29, 1.82) is 0 Å². The van der Waals surface area contributed by atoms with Crippen LogP contribution in [0, 0.1) is 0 Å². The van der Waals surface area contributed by atoms with Crippen LogP contribution in [-0.4, -0.2) is 26.5 Å². The van der Waals surface area contributed by atoms with E-state index < -0.39 is 29.0 Å². The van der Waals surface area contributed by atoms with Gasteiger partial charge in [-0.3, -0.25) is 14.4 Å². The Kier molecular flexibility index (Phi) is 5.39. The smallest absolute Gasteiger partial charge is 0.330 e. The van der Waals surface area contributed by atoms with Crippen molar-refractivity contribution >= 4 is 22.9 Å². The standard InChI is InChI=1S/C20H19N3O5/c1-23-15-9-7-12(11-14(15)21-18(25)19(23)26)8-10-16(24)22-17(20(27)28)13-5-3-2-4-6-13/h2-7,9,11,17H,8,10H2,1H3,(H,21,25)(H,22,24)(H,27,28)/t17-/m1/s1. The summed E-state index contributed by atoms with van der Waals surface area (Å²) in [7, 11) is 1.52. The van der Waals surface area contributed by atoms with E-state index in [1.807, 2.05) is 0 Å². The number of rotatable bonds is 6. The van der Waals surface area contributed by atoms with Gasteiger partial charge >= 0.3 is 17.1 Å².